The van der Waals surface area contributed by atoms with Crippen LogP contribution in [-0.2, 0) is 13.1 Å². The Hall–Kier alpha value is -2.25. The maximum Gasteiger partial charge on any atom is 0.139 e. The molecule has 3 aliphatic heterocycles. The molecule has 2 bridgehead atoms. The van der Waals surface area contributed by atoms with Crippen molar-refractivity contribution < 1.29 is 4.63 Å². The van der Waals surface area contributed by atoms with E-state index in [2.05, 4.69) is 43.1 Å². The zero-order valence-corrected chi connectivity index (χ0v) is 15.1. The Kier molecular flexibility index (Phi) is 3.98. The van der Waals surface area contributed by atoms with Gasteiger partial charge in [-0.25, -0.2) is 9.61 Å². The topological polar surface area (TPSA) is 74.1 Å². The fourth-order valence-corrected chi connectivity index (χ4v) is 4.57. The van der Waals surface area contributed by atoms with Crippen molar-refractivity contribution >= 4 is 11.0 Å². The molecule has 3 saturated heterocycles. The van der Waals surface area contributed by atoms with E-state index in [1.165, 1.54) is 29.8 Å². The molecule has 2 atom stereocenters. The van der Waals surface area contributed by atoms with E-state index >= 15 is 0 Å². The molecule has 0 radical (unpaired) electrons. The lowest BCUT2D eigenvalue weighted by molar-refractivity contribution is 0.123. The highest BCUT2D eigenvalue weighted by Crippen LogP contribution is 2.30. The Morgan fingerprint density at radius 3 is 3.00 bits per heavy atom. The van der Waals surface area contributed by atoms with Gasteiger partial charge in [0, 0.05) is 44.5 Å². The molecule has 1 aromatic carbocycles. The Balaban J connectivity index is 1.34. The number of piperidine rings is 1. The fourth-order valence-electron chi connectivity index (χ4n) is 4.57. The van der Waals surface area contributed by atoms with Crippen molar-refractivity contribution in [1.29, 1.82) is 0 Å². The summed E-state index contributed by atoms with van der Waals surface area (Å²) in [4.78, 5) is 12.9. The monoisotopic (exact) mass is 352 g/mol. The van der Waals surface area contributed by atoms with Crippen LogP contribution in [0.25, 0.3) is 11.0 Å². The third-order valence-electron chi connectivity index (χ3n) is 5.95. The minimum atomic E-state index is 0.586. The molecule has 3 fully saturated rings. The summed E-state index contributed by atoms with van der Waals surface area (Å²) in [5.74, 6) is 0.725. The first kappa shape index (κ1) is 16.0. The first-order valence-corrected chi connectivity index (χ1v) is 9.41. The molecule has 1 N–H and O–H groups in total. The second-order valence-corrected chi connectivity index (χ2v) is 7.74. The van der Waals surface area contributed by atoms with Crippen molar-refractivity contribution in [3.05, 3.63) is 41.5 Å². The van der Waals surface area contributed by atoms with Crippen LogP contribution in [0.1, 0.15) is 29.8 Å². The summed E-state index contributed by atoms with van der Waals surface area (Å²) in [5, 5.41) is 8.09. The fraction of sp³-hybridized carbons (Fsp3) is 0.526. The van der Waals surface area contributed by atoms with Gasteiger partial charge in [-0.15, -0.1) is 0 Å². The van der Waals surface area contributed by atoms with Crippen molar-refractivity contribution in [1.82, 2.24) is 30.1 Å². The summed E-state index contributed by atoms with van der Waals surface area (Å²) < 4.78 is 4.93. The minimum Gasteiger partial charge on any atom is -0.348 e. The zero-order valence-electron chi connectivity index (χ0n) is 15.1. The molecule has 2 aromatic heterocycles. The van der Waals surface area contributed by atoms with Crippen LogP contribution in [-0.4, -0.2) is 55.8 Å². The van der Waals surface area contributed by atoms with E-state index in [0.717, 1.165) is 49.7 Å². The predicted molar refractivity (Wildman–Crippen MR) is 97.3 cm³/mol. The normalized spacial score (nSPS) is 24.3. The quantitative estimate of drug-likeness (QED) is 0.777. The summed E-state index contributed by atoms with van der Waals surface area (Å²) >= 11 is 0. The number of H-pyrrole nitrogens is 1. The number of aromatic amines is 1. The number of hydrogen-bond acceptors (Lipinski definition) is 6. The highest BCUT2D eigenvalue weighted by atomic mass is 16.6. The highest BCUT2D eigenvalue weighted by molar-refractivity contribution is 5.76. The maximum absolute atomic E-state index is 4.93. The third kappa shape index (κ3) is 2.91. The van der Waals surface area contributed by atoms with Crippen LogP contribution in [0.2, 0.25) is 0 Å². The van der Waals surface area contributed by atoms with Crippen molar-refractivity contribution in [2.45, 2.75) is 38.9 Å². The van der Waals surface area contributed by atoms with Crippen LogP contribution in [0.4, 0.5) is 0 Å². The Morgan fingerprint density at radius 2 is 2.12 bits per heavy atom. The zero-order chi connectivity index (χ0) is 17.5. The van der Waals surface area contributed by atoms with Gasteiger partial charge in [-0.2, -0.15) is 0 Å². The summed E-state index contributed by atoms with van der Waals surface area (Å²) in [7, 11) is 0. The Morgan fingerprint density at radius 1 is 1.15 bits per heavy atom. The van der Waals surface area contributed by atoms with Crippen LogP contribution in [0.5, 0.6) is 0 Å². The molecule has 5 heterocycles. The molecule has 7 nitrogen and oxygen atoms in total. The second-order valence-electron chi connectivity index (χ2n) is 7.74. The average molecular weight is 352 g/mol. The number of fused-ring (bicyclic) bond motifs is 5. The van der Waals surface area contributed by atoms with Crippen molar-refractivity contribution in [2.75, 3.05) is 19.6 Å². The smallest absolute Gasteiger partial charge is 0.139 e. The van der Waals surface area contributed by atoms with Gasteiger partial charge in [0.15, 0.2) is 0 Å². The van der Waals surface area contributed by atoms with Gasteiger partial charge in [0.25, 0.3) is 0 Å². The van der Waals surface area contributed by atoms with E-state index in [4.69, 9.17) is 4.63 Å². The lowest BCUT2D eigenvalue weighted by atomic mass is 9.94. The molecule has 136 valence electrons. The first-order chi connectivity index (χ1) is 12.8. The number of rotatable bonds is 4. The molecule has 26 heavy (non-hydrogen) atoms. The SMILES string of the molecule is Cc1[nH]cnc1CN1C[C@@H]2CC[C@H](C1)N(Cc1cccc3nonc13)C2. The lowest BCUT2D eigenvalue weighted by Gasteiger charge is -2.36. The first-order valence-electron chi connectivity index (χ1n) is 9.41. The van der Waals surface area contributed by atoms with E-state index in [1.54, 1.807) is 6.33 Å². The third-order valence-corrected chi connectivity index (χ3v) is 5.95. The van der Waals surface area contributed by atoms with E-state index in [9.17, 15) is 0 Å². The summed E-state index contributed by atoms with van der Waals surface area (Å²) in [6.07, 6.45) is 4.40. The molecule has 3 aromatic rings. The largest absolute Gasteiger partial charge is 0.348 e. The summed E-state index contributed by atoms with van der Waals surface area (Å²) in [6.45, 7) is 7.39. The molecule has 7 heteroatoms. The van der Waals surface area contributed by atoms with Crippen LogP contribution >= 0.6 is 0 Å². The van der Waals surface area contributed by atoms with E-state index in [-0.39, 0.29) is 0 Å². The van der Waals surface area contributed by atoms with Crippen LogP contribution < -0.4 is 0 Å². The summed E-state index contributed by atoms with van der Waals surface area (Å²) in [6, 6.07) is 6.74. The maximum atomic E-state index is 4.93. The molecule has 0 unspecified atom stereocenters. The molecule has 0 amide bonds. The lowest BCUT2D eigenvalue weighted by Crippen LogP contribution is -2.43. The predicted octanol–water partition coefficient (Wildman–Crippen LogP) is 2.35. The van der Waals surface area contributed by atoms with Gasteiger partial charge in [-0.05, 0) is 47.6 Å². The number of aromatic nitrogens is 4. The van der Waals surface area contributed by atoms with Gasteiger partial charge >= 0.3 is 0 Å². The number of imidazole rings is 1. The molecule has 0 aliphatic carbocycles. The molecular formula is C19H24N6O. The van der Waals surface area contributed by atoms with Gasteiger partial charge in [0.05, 0.1) is 12.0 Å². The van der Waals surface area contributed by atoms with Crippen molar-refractivity contribution in [3.63, 3.8) is 0 Å². The van der Waals surface area contributed by atoms with E-state index < -0.39 is 0 Å². The molecule has 0 saturated carbocycles. The molecular weight excluding hydrogens is 328 g/mol. The van der Waals surface area contributed by atoms with Crippen LogP contribution in [0, 0.1) is 12.8 Å². The molecule has 0 spiro atoms. The van der Waals surface area contributed by atoms with Gasteiger partial charge in [-0.3, -0.25) is 9.80 Å². The van der Waals surface area contributed by atoms with Gasteiger partial charge < -0.3 is 4.98 Å². The van der Waals surface area contributed by atoms with Crippen LogP contribution in [0.15, 0.2) is 29.2 Å². The highest BCUT2D eigenvalue weighted by Gasteiger charge is 2.35. The van der Waals surface area contributed by atoms with E-state index in [0.29, 0.717) is 6.04 Å². The van der Waals surface area contributed by atoms with Crippen molar-refractivity contribution in [3.8, 4) is 0 Å². The molecule has 6 rings (SSSR count). The minimum absolute atomic E-state index is 0.586. The van der Waals surface area contributed by atoms with Gasteiger partial charge in [-0.1, -0.05) is 12.1 Å². The standard InChI is InChI=1S/C19H24N6O/c1-13-18(21-12-20-13)11-24-7-14-5-6-16(10-24)25(8-14)9-15-3-2-4-17-19(15)23-26-22-17/h2-4,12,14,16H,5-11H2,1H3,(H,20,21)/t14-,16+/m0/s1. The van der Waals surface area contributed by atoms with Gasteiger partial charge in [0.2, 0.25) is 0 Å². The van der Waals surface area contributed by atoms with E-state index in [1.807, 2.05) is 12.1 Å². The van der Waals surface area contributed by atoms with Crippen LogP contribution in [0.3, 0.4) is 0 Å². The number of benzene rings is 1. The second kappa shape index (κ2) is 6.48. The molecule has 3 aliphatic rings. The number of hydrogen-bond donors (Lipinski definition) is 1. The van der Waals surface area contributed by atoms with Gasteiger partial charge in [0.1, 0.15) is 11.0 Å². The Labute approximate surface area is 152 Å². The average Bonchev–Trinajstić information content (AvgIpc) is 3.18. The van der Waals surface area contributed by atoms with Crippen molar-refractivity contribution in [2.24, 2.45) is 5.92 Å². The Bertz CT molecular complexity index is 902. The number of aryl methyl sites for hydroxylation is 1. The number of nitrogens with zero attached hydrogens (tertiary/aromatic N) is 5. The summed E-state index contributed by atoms with van der Waals surface area (Å²) in [5.41, 5.74) is 5.32. The number of nitrogens with one attached hydrogen (secondary N) is 1.